The van der Waals surface area contributed by atoms with Crippen molar-refractivity contribution in [2.24, 2.45) is 5.73 Å². The van der Waals surface area contributed by atoms with Crippen molar-refractivity contribution in [2.75, 3.05) is 5.32 Å². The minimum atomic E-state index is -5.08. The number of alkyl halides is 9. The Kier molecular flexibility index (Phi) is 16.6. The number of hydrogen-bond acceptors (Lipinski definition) is 9. The van der Waals surface area contributed by atoms with Gasteiger partial charge in [0.15, 0.2) is 5.96 Å². The highest BCUT2D eigenvalue weighted by Crippen LogP contribution is 2.27. The van der Waals surface area contributed by atoms with Crippen molar-refractivity contribution in [3.8, 4) is 0 Å². The lowest BCUT2D eigenvalue weighted by atomic mass is 9.90. The molecule has 4 rings (SSSR count). The van der Waals surface area contributed by atoms with Crippen LogP contribution >= 0.6 is 0 Å². The number of amides is 1. The fraction of sp³-hybridized carbons (Fsp3) is 0.379. The molecular formula is C29H31F9N8O7. The van der Waals surface area contributed by atoms with Crippen molar-refractivity contribution in [1.29, 1.82) is 5.41 Å². The number of aromatic nitrogens is 3. The molecule has 1 saturated carbocycles. The molecule has 1 aliphatic carbocycles. The third kappa shape index (κ3) is 16.7. The topological polar surface area (TPSA) is 254 Å². The summed E-state index contributed by atoms with van der Waals surface area (Å²) in [6.07, 6.45) is -7.86. The summed E-state index contributed by atoms with van der Waals surface area (Å²) in [7, 11) is 0. The normalized spacial score (nSPS) is 15.4. The first-order valence-corrected chi connectivity index (χ1v) is 14.6. The number of guanidine groups is 1. The number of benzene rings is 1. The first-order chi connectivity index (χ1) is 24.3. The van der Waals surface area contributed by atoms with Crippen molar-refractivity contribution in [3.05, 3.63) is 59.7 Å². The van der Waals surface area contributed by atoms with Gasteiger partial charge in [0.1, 0.15) is 5.82 Å². The molecule has 2 heterocycles. The Bertz CT molecular complexity index is 1670. The Hall–Kier alpha value is -5.97. The van der Waals surface area contributed by atoms with Crippen molar-refractivity contribution in [1.82, 2.24) is 25.6 Å². The SMILES string of the molecule is Cc1ccc2nc(C(=O)NCc3cccnc3)nc(NC3CCCCC3NC(=N)N)c2c1.O=C(O)C(F)(F)F.O=C(O)C(F)(F)F.O=C(O)C(F)(F)F. The summed E-state index contributed by atoms with van der Waals surface area (Å²) in [6.45, 7) is 2.36. The molecule has 2 aromatic heterocycles. The van der Waals surface area contributed by atoms with Crippen molar-refractivity contribution < 1.29 is 74.0 Å². The maximum Gasteiger partial charge on any atom is 0.490 e. The van der Waals surface area contributed by atoms with E-state index in [0.717, 1.165) is 42.2 Å². The quantitative estimate of drug-likeness (QED) is 0.0985. The number of nitrogens with one attached hydrogen (secondary N) is 4. The second kappa shape index (κ2) is 19.6. The number of fused-ring (bicyclic) bond motifs is 1. The second-order valence-corrected chi connectivity index (χ2v) is 10.6. The van der Waals surface area contributed by atoms with Crippen LogP contribution in [0.25, 0.3) is 10.9 Å². The van der Waals surface area contributed by atoms with E-state index < -0.39 is 36.4 Å². The number of halogens is 9. The van der Waals surface area contributed by atoms with Gasteiger partial charge >= 0.3 is 36.4 Å². The van der Waals surface area contributed by atoms with E-state index in [0.29, 0.717) is 17.9 Å². The molecule has 0 aliphatic heterocycles. The van der Waals surface area contributed by atoms with Gasteiger partial charge in [0.05, 0.1) is 5.52 Å². The molecule has 2 atom stereocenters. The standard InChI is InChI=1S/C23H28N8O.3C2HF3O2/c1-14-8-9-17-16(11-14)20(29-18-6-2-3-7-19(18)30-23(24)25)31-21(28-17)22(32)27-13-15-5-4-10-26-12-15;3*3-2(4,5)1(6)7/h4-5,8-12,18-19H,2-3,6-7,13H2,1H3,(H,27,32)(H4,24,25,30)(H,28,29,31);3*(H,6,7). The molecule has 292 valence electrons. The van der Waals surface area contributed by atoms with Crippen LogP contribution in [0.15, 0.2) is 42.7 Å². The number of aryl methyl sites for hydroxylation is 1. The summed E-state index contributed by atoms with van der Waals surface area (Å²) in [5.74, 6) is -7.93. The molecule has 1 aromatic carbocycles. The van der Waals surface area contributed by atoms with Crippen LogP contribution in [0.2, 0.25) is 0 Å². The second-order valence-electron chi connectivity index (χ2n) is 10.6. The predicted molar refractivity (Wildman–Crippen MR) is 165 cm³/mol. The lowest BCUT2D eigenvalue weighted by Gasteiger charge is -2.33. The van der Waals surface area contributed by atoms with Gasteiger partial charge in [-0.05, 0) is 43.5 Å². The van der Waals surface area contributed by atoms with Crippen LogP contribution < -0.4 is 21.7 Å². The minimum absolute atomic E-state index is 0.0268. The molecule has 0 bridgehead atoms. The van der Waals surface area contributed by atoms with E-state index in [-0.39, 0.29) is 29.8 Å². The summed E-state index contributed by atoms with van der Waals surface area (Å²) in [5, 5.41) is 39.3. The summed E-state index contributed by atoms with van der Waals surface area (Å²) < 4.78 is 95.2. The third-order valence-corrected chi connectivity index (χ3v) is 6.39. The number of nitrogens with two attached hydrogens (primary N) is 1. The third-order valence-electron chi connectivity index (χ3n) is 6.39. The minimum Gasteiger partial charge on any atom is -0.475 e. The molecule has 0 spiro atoms. The fourth-order valence-corrected chi connectivity index (χ4v) is 4.07. The van der Waals surface area contributed by atoms with Crippen LogP contribution in [0.3, 0.4) is 0 Å². The Labute approximate surface area is 292 Å². The molecule has 9 N–H and O–H groups in total. The first-order valence-electron chi connectivity index (χ1n) is 14.6. The van der Waals surface area contributed by atoms with Crippen molar-refractivity contribution in [2.45, 2.75) is 69.8 Å². The highest BCUT2D eigenvalue weighted by Gasteiger charge is 2.39. The van der Waals surface area contributed by atoms with E-state index in [9.17, 15) is 44.3 Å². The molecule has 3 aromatic rings. The predicted octanol–water partition coefficient (Wildman–Crippen LogP) is 4.37. The largest absolute Gasteiger partial charge is 0.490 e. The van der Waals surface area contributed by atoms with E-state index in [2.05, 4.69) is 30.9 Å². The van der Waals surface area contributed by atoms with E-state index in [1.165, 1.54) is 0 Å². The number of carbonyl (C=O) groups excluding carboxylic acids is 1. The average Bonchev–Trinajstić information content (AvgIpc) is 3.04. The maximum absolute atomic E-state index is 12.8. The van der Waals surface area contributed by atoms with E-state index in [4.69, 9.17) is 40.8 Å². The average molecular weight is 775 g/mol. The van der Waals surface area contributed by atoms with Gasteiger partial charge in [-0.15, -0.1) is 0 Å². The maximum atomic E-state index is 12.8. The first kappa shape index (κ1) is 45.1. The number of hydrogen-bond donors (Lipinski definition) is 8. The van der Waals surface area contributed by atoms with E-state index in [1.54, 1.807) is 12.4 Å². The summed E-state index contributed by atoms with van der Waals surface area (Å²) >= 11 is 0. The zero-order valence-corrected chi connectivity index (χ0v) is 27.0. The van der Waals surface area contributed by atoms with Gasteiger partial charge in [-0.3, -0.25) is 15.2 Å². The Morgan fingerprint density at radius 1 is 0.849 bits per heavy atom. The van der Waals surface area contributed by atoms with Crippen LogP contribution in [-0.2, 0) is 20.9 Å². The van der Waals surface area contributed by atoms with Crippen molar-refractivity contribution >= 4 is 46.5 Å². The highest BCUT2D eigenvalue weighted by molar-refractivity contribution is 5.96. The number of nitrogens with zero attached hydrogens (tertiary/aromatic N) is 3. The van der Waals surface area contributed by atoms with Crippen LogP contribution in [0.1, 0.15) is 47.4 Å². The van der Waals surface area contributed by atoms with Crippen LogP contribution in [-0.4, -0.2) is 90.7 Å². The van der Waals surface area contributed by atoms with Crippen LogP contribution in [0.4, 0.5) is 45.3 Å². The van der Waals surface area contributed by atoms with Crippen LogP contribution in [0, 0.1) is 12.3 Å². The number of pyridine rings is 1. The van der Waals surface area contributed by atoms with E-state index >= 15 is 0 Å². The fourth-order valence-electron chi connectivity index (χ4n) is 4.07. The smallest absolute Gasteiger partial charge is 0.475 e. The molecule has 15 nitrogen and oxygen atoms in total. The zero-order chi connectivity index (χ0) is 40.7. The van der Waals surface area contributed by atoms with Gasteiger partial charge in [-0.2, -0.15) is 39.5 Å². The molecular weight excluding hydrogens is 743 g/mol. The molecule has 24 heteroatoms. The summed E-state index contributed by atoms with van der Waals surface area (Å²) in [5.41, 5.74) is 8.28. The Balaban J connectivity index is 0.000000545. The number of carboxylic acid groups (broad SMARTS) is 3. The highest BCUT2D eigenvalue weighted by atomic mass is 19.4. The molecule has 1 fully saturated rings. The summed E-state index contributed by atoms with van der Waals surface area (Å²) in [4.78, 5) is 52.7. The monoisotopic (exact) mass is 774 g/mol. The Morgan fingerprint density at radius 2 is 1.36 bits per heavy atom. The zero-order valence-electron chi connectivity index (χ0n) is 27.0. The lowest BCUT2D eigenvalue weighted by molar-refractivity contribution is -0.193. The summed E-state index contributed by atoms with van der Waals surface area (Å²) in [6, 6.07) is 9.68. The van der Waals surface area contributed by atoms with E-state index in [1.807, 2.05) is 37.3 Å². The number of rotatable bonds is 6. The van der Waals surface area contributed by atoms with Gasteiger partial charge in [-0.1, -0.05) is 30.5 Å². The van der Waals surface area contributed by atoms with Gasteiger partial charge in [0.25, 0.3) is 5.91 Å². The van der Waals surface area contributed by atoms with Gasteiger partial charge in [0.2, 0.25) is 5.82 Å². The van der Waals surface area contributed by atoms with Gasteiger partial charge in [0, 0.05) is 36.4 Å². The number of carboxylic acids is 3. The molecule has 53 heavy (non-hydrogen) atoms. The van der Waals surface area contributed by atoms with Gasteiger partial charge < -0.3 is 37.0 Å². The molecule has 0 radical (unpaired) electrons. The Morgan fingerprint density at radius 3 is 1.81 bits per heavy atom. The number of aliphatic carboxylic acids is 3. The molecule has 2 unspecified atom stereocenters. The molecule has 1 amide bonds. The van der Waals surface area contributed by atoms with Crippen molar-refractivity contribution in [3.63, 3.8) is 0 Å². The van der Waals surface area contributed by atoms with Crippen LogP contribution in [0.5, 0.6) is 0 Å². The number of anilines is 1. The molecule has 1 aliphatic rings. The van der Waals surface area contributed by atoms with Gasteiger partial charge in [-0.25, -0.2) is 24.4 Å². The lowest BCUT2D eigenvalue weighted by Crippen LogP contribution is -2.50. The molecule has 0 saturated heterocycles. The number of carbonyl (C=O) groups is 4.